The highest BCUT2D eigenvalue weighted by molar-refractivity contribution is 9.10. The lowest BCUT2D eigenvalue weighted by molar-refractivity contribution is -0.682. The number of hydrogen-bond acceptors (Lipinski definition) is 1. The van der Waals surface area contributed by atoms with Gasteiger partial charge in [0.05, 0.1) is 0 Å². The number of aryl methyl sites for hydroxylation is 1. The second-order valence-electron chi connectivity index (χ2n) is 1.80. The number of nitrogens with zero attached hydrogens (tertiary/aromatic N) is 1. The van der Waals surface area contributed by atoms with Crippen LogP contribution in [0, 0.1) is 0 Å². The first kappa shape index (κ1) is 6.55. The van der Waals surface area contributed by atoms with Gasteiger partial charge in [0.1, 0.15) is 7.05 Å². The fourth-order valence-corrected chi connectivity index (χ4v) is 0.829. The van der Waals surface area contributed by atoms with Gasteiger partial charge in [0, 0.05) is 22.0 Å². The van der Waals surface area contributed by atoms with Gasteiger partial charge < -0.3 is 5.11 Å². The third-order valence-corrected chi connectivity index (χ3v) is 2.05. The molecule has 0 amide bonds. The van der Waals surface area contributed by atoms with E-state index in [1.807, 2.05) is 13.2 Å². The van der Waals surface area contributed by atoms with E-state index in [2.05, 4.69) is 15.9 Å². The van der Waals surface area contributed by atoms with Gasteiger partial charge in [-0.1, -0.05) is 0 Å². The van der Waals surface area contributed by atoms with E-state index in [9.17, 15) is 0 Å². The zero-order chi connectivity index (χ0) is 6.85. The van der Waals surface area contributed by atoms with Gasteiger partial charge in [-0.3, -0.25) is 0 Å². The number of rotatable bonds is 0. The zero-order valence-corrected chi connectivity index (χ0v) is 6.59. The van der Waals surface area contributed by atoms with Crippen molar-refractivity contribution in [2.75, 3.05) is 0 Å². The van der Waals surface area contributed by atoms with Crippen molar-refractivity contribution >= 4 is 15.9 Å². The molecule has 48 valence electrons. The molecular weight excluding hydrogens is 182 g/mol. The maximum absolute atomic E-state index is 9.03. The lowest BCUT2D eigenvalue weighted by Crippen LogP contribution is -2.28. The summed E-state index contributed by atoms with van der Waals surface area (Å²) in [6.07, 6.45) is 1.85. The molecular formula is C6H7BrNO+. The zero-order valence-electron chi connectivity index (χ0n) is 5.00. The van der Waals surface area contributed by atoms with Gasteiger partial charge in [-0.05, 0) is 6.07 Å². The van der Waals surface area contributed by atoms with Crippen molar-refractivity contribution in [1.82, 2.24) is 0 Å². The molecule has 0 spiro atoms. The predicted molar refractivity (Wildman–Crippen MR) is 37.0 cm³/mol. The van der Waals surface area contributed by atoms with Gasteiger partial charge in [-0.2, -0.15) is 4.57 Å². The monoisotopic (exact) mass is 188 g/mol. The second-order valence-corrected chi connectivity index (χ2v) is 2.55. The standard InChI is InChI=1S/C6H6BrNO/c1-8-4-2-3-5(9)6(8)7/h2-4H,1H3/p+1. The molecule has 1 aromatic rings. The smallest absolute Gasteiger partial charge is 0.289 e. The summed E-state index contributed by atoms with van der Waals surface area (Å²) < 4.78 is 2.49. The van der Waals surface area contributed by atoms with E-state index in [0.29, 0.717) is 4.60 Å². The average Bonchev–Trinajstić information content (AvgIpc) is 1.83. The summed E-state index contributed by atoms with van der Waals surface area (Å²) >= 11 is 3.19. The summed E-state index contributed by atoms with van der Waals surface area (Å²) in [7, 11) is 1.85. The minimum Gasteiger partial charge on any atom is -0.502 e. The Morgan fingerprint density at radius 2 is 2.33 bits per heavy atom. The number of aromatic nitrogens is 1. The van der Waals surface area contributed by atoms with E-state index in [1.165, 1.54) is 0 Å². The first-order chi connectivity index (χ1) is 4.22. The first-order valence-electron chi connectivity index (χ1n) is 2.55. The Kier molecular flexibility index (Phi) is 1.71. The minimum atomic E-state index is 0.264. The van der Waals surface area contributed by atoms with Crippen LogP contribution in [0.1, 0.15) is 0 Å². The van der Waals surface area contributed by atoms with Crippen molar-refractivity contribution in [2.24, 2.45) is 7.05 Å². The largest absolute Gasteiger partial charge is 0.502 e. The van der Waals surface area contributed by atoms with E-state index in [-0.39, 0.29) is 5.75 Å². The van der Waals surface area contributed by atoms with Crippen LogP contribution in [-0.4, -0.2) is 5.11 Å². The lowest BCUT2D eigenvalue weighted by Gasteiger charge is -1.91. The summed E-state index contributed by atoms with van der Waals surface area (Å²) in [5, 5.41) is 9.03. The van der Waals surface area contributed by atoms with Crippen molar-refractivity contribution in [3.63, 3.8) is 0 Å². The summed E-state index contributed by atoms with van der Waals surface area (Å²) in [6, 6.07) is 3.41. The Morgan fingerprint density at radius 1 is 1.67 bits per heavy atom. The van der Waals surface area contributed by atoms with E-state index in [0.717, 1.165) is 0 Å². The van der Waals surface area contributed by atoms with Crippen molar-refractivity contribution in [2.45, 2.75) is 0 Å². The summed E-state index contributed by atoms with van der Waals surface area (Å²) in [5.41, 5.74) is 0. The molecule has 1 N–H and O–H groups in total. The summed E-state index contributed by atoms with van der Waals surface area (Å²) in [4.78, 5) is 0. The molecule has 1 heterocycles. The topological polar surface area (TPSA) is 24.1 Å². The molecule has 0 aliphatic rings. The molecule has 0 saturated heterocycles. The van der Waals surface area contributed by atoms with Crippen molar-refractivity contribution in [3.05, 3.63) is 22.9 Å². The van der Waals surface area contributed by atoms with E-state index in [1.54, 1.807) is 16.7 Å². The predicted octanol–water partition coefficient (Wildman–Crippen LogP) is 0.979. The number of halogens is 1. The molecule has 3 heteroatoms. The van der Waals surface area contributed by atoms with Crippen LogP contribution in [0.5, 0.6) is 5.75 Å². The van der Waals surface area contributed by atoms with Crippen LogP contribution < -0.4 is 4.57 Å². The fourth-order valence-electron chi connectivity index (χ4n) is 0.578. The Morgan fingerprint density at radius 3 is 2.78 bits per heavy atom. The van der Waals surface area contributed by atoms with Crippen molar-refractivity contribution in [1.29, 1.82) is 0 Å². The molecule has 1 aromatic heterocycles. The van der Waals surface area contributed by atoms with Gasteiger partial charge in [0.15, 0.2) is 11.9 Å². The van der Waals surface area contributed by atoms with Crippen molar-refractivity contribution in [3.8, 4) is 5.75 Å². The molecule has 2 nitrogen and oxygen atoms in total. The second kappa shape index (κ2) is 2.35. The Bertz CT molecular complexity index is 204. The highest BCUT2D eigenvalue weighted by Gasteiger charge is 2.05. The van der Waals surface area contributed by atoms with Gasteiger partial charge in [-0.25, -0.2) is 0 Å². The molecule has 0 aromatic carbocycles. The maximum Gasteiger partial charge on any atom is 0.289 e. The molecule has 0 saturated carbocycles. The molecule has 0 radical (unpaired) electrons. The summed E-state index contributed by atoms with van der Waals surface area (Å²) in [5.74, 6) is 0.264. The maximum atomic E-state index is 9.03. The SMILES string of the molecule is C[n+]1cccc(O)c1Br. The average molecular weight is 189 g/mol. The van der Waals surface area contributed by atoms with Crippen molar-refractivity contribution < 1.29 is 9.67 Å². The van der Waals surface area contributed by atoms with E-state index in [4.69, 9.17) is 5.11 Å². The Balaban J connectivity index is 3.25. The quantitative estimate of drug-likeness (QED) is 0.477. The normalized spacial score (nSPS) is 9.56. The molecule has 0 aliphatic carbocycles. The van der Waals surface area contributed by atoms with E-state index >= 15 is 0 Å². The minimum absolute atomic E-state index is 0.264. The van der Waals surface area contributed by atoms with Crippen LogP contribution in [0.15, 0.2) is 22.9 Å². The van der Waals surface area contributed by atoms with E-state index < -0.39 is 0 Å². The summed E-state index contributed by atoms with van der Waals surface area (Å²) in [6.45, 7) is 0. The van der Waals surface area contributed by atoms with Crippen LogP contribution in [0.4, 0.5) is 0 Å². The molecule has 0 atom stereocenters. The van der Waals surface area contributed by atoms with Crippen LogP contribution in [0.2, 0.25) is 0 Å². The number of hydrogen-bond donors (Lipinski definition) is 1. The first-order valence-corrected chi connectivity index (χ1v) is 3.34. The van der Waals surface area contributed by atoms with Crippen LogP contribution in [0.3, 0.4) is 0 Å². The van der Waals surface area contributed by atoms with Crippen LogP contribution in [-0.2, 0) is 7.05 Å². The van der Waals surface area contributed by atoms with Gasteiger partial charge in [0.25, 0.3) is 4.60 Å². The van der Waals surface area contributed by atoms with Gasteiger partial charge >= 0.3 is 0 Å². The van der Waals surface area contributed by atoms with Crippen LogP contribution >= 0.6 is 15.9 Å². The lowest BCUT2D eigenvalue weighted by atomic mass is 10.5. The molecule has 0 unspecified atom stereocenters. The molecule has 0 aliphatic heterocycles. The van der Waals surface area contributed by atoms with Gasteiger partial charge in [0.2, 0.25) is 0 Å². The Hall–Kier alpha value is -0.570. The highest BCUT2D eigenvalue weighted by Crippen LogP contribution is 2.16. The molecule has 9 heavy (non-hydrogen) atoms. The van der Waals surface area contributed by atoms with Gasteiger partial charge in [-0.15, -0.1) is 0 Å². The number of pyridine rings is 1. The Labute approximate surface area is 61.9 Å². The highest BCUT2D eigenvalue weighted by atomic mass is 79.9. The number of aromatic hydroxyl groups is 1. The molecule has 0 fully saturated rings. The third kappa shape index (κ3) is 1.21. The molecule has 1 rings (SSSR count). The fraction of sp³-hybridized carbons (Fsp3) is 0.167. The van der Waals surface area contributed by atoms with Crippen LogP contribution in [0.25, 0.3) is 0 Å². The molecule has 0 bridgehead atoms. The third-order valence-electron chi connectivity index (χ3n) is 1.08.